The average Bonchev–Trinajstić information content (AvgIpc) is 2.53. The second-order valence-electron chi connectivity index (χ2n) is 5.21. The van der Waals surface area contributed by atoms with Gasteiger partial charge in [0.2, 0.25) is 0 Å². The minimum atomic E-state index is -8.03. The van der Waals surface area contributed by atoms with Gasteiger partial charge in [-0.3, -0.25) is 4.43 Å². The van der Waals surface area contributed by atoms with E-state index >= 15 is 0 Å². The largest absolute Gasteiger partial charge is 0.684 e. The topological polar surface area (TPSA) is 36.9 Å². The SMILES string of the molecule is CCO[Si](OCC)(OCC)OC(F)(F)C(F)(F)C(F)(F)C(F)(F)C(F)(F)C(F)(F)F. The van der Waals surface area contributed by atoms with Gasteiger partial charge in [-0.05, 0) is 20.8 Å². The standard InChI is InChI=1S/C12H15F13O4Si/c1-4-26-30(27-5-2,28-6-3)29-12(24,25)10(19,20)8(15,16)7(13,14)9(17,18)11(21,22)23/h4-6H2,1-3H3. The Balaban J connectivity index is 6.40. The van der Waals surface area contributed by atoms with E-state index in [2.05, 4.69) is 17.7 Å². The molecule has 0 N–H and O–H groups in total. The van der Waals surface area contributed by atoms with Gasteiger partial charge in [0, 0.05) is 19.8 Å². The molecule has 0 spiro atoms. The summed E-state index contributed by atoms with van der Waals surface area (Å²) in [6.07, 6.45) is -14.3. The van der Waals surface area contributed by atoms with Gasteiger partial charge in [-0.1, -0.05) is 0 Å². The Morgan fingerprint density at radius 1 is 0.500 bits per heavy atom. The summed E-state index contributed by atoms with van der Waals surface area (Å²) >= 11 is 0. The number of hydrogen-bond donors (Lipinski definition) is 0. The third-order valence-electron chi connectivity index (χ3n) is 3.12. The molecule has 182 valence electrons. The molecular weight excluding hydrogens is 483 g/mol. The Hall–Kier alpha value is -0.853. The lowest BCUT2D eigenvalue weighted by molar-refractivity contribution is -0.461. The molecule has 0 aromatic heterocycles. The summed E-state index contributed by atoms with van der Waals surface area (Å²) in [5.74, 6) is -31.5. The first kappa shape index (κ1) is 29.1. The zero-order chi connectivity index (χ0) is 24.4. The van der Waals surface area contributed by atoms with Crippen molar-refractivity contribution in [1.82, 2.24) is 0 Å². The monoisotopic (exact) mass is 498 g/mol. The smallest absolute Gasteiger partial charge is 0.351 e. The normalized spacial score (nSPS) is 15.6. The highest BCUT2D eigenvalue weighted by atomic mass is 28.4. The van der Waals surface area contributed by atoms with Crippen molar-refractivity contribution in [3.8, 4) is 0 Å². The highest BCUT2D eigenvalue weighted by Crippen LogP contribution is 2.60. The molecule has 0 fully saturated rings. The molecule has 0 bridgehead atoms. The summed E-state index contributed by atoms with van der Waals surface area (Å²) in [5.41, 5.74) is 0. The molecule has 0 saturated heterocycles. The molecular formula is C12H15F13O4Si. The highest BCUT2D eigenvalue weighted by Gasteiger charge is 2.92. The summed E-state index contributed by atoms with van der Waals surface area (Å²) in [6.45, 7) is 1.04. The van der Waals surface area contributed by atoms with E-state index < -0.39 is 64.8 Å². The van der Waals surface area contributed by atoms with E-state index in [0.29, 0.717) is 0 Å². The third-order valence-corrected chi connectivity index (χ3v) is 5.55. The van der Waals surface area contributed by atoms with Gasteiger partial charge in [-0.2, -0.15) is 57.1 Å². The van der Waals surface area contributed by atoms with Gasteiger partial charge in [0.15, 0.2) is 0 Å². The predicted molar refractivity (Wildman–Crippen MR) is 72.5 cm³/mol. The zero-order valence-electron chi connectivity index (χ0n) is 15.2. The first-order valence-electron chi connectivity index (χ1n) is 7.71. The summed E-state index contributed by atoms with van der Waals surface area (Å²) in [5, 5.41) is 0. The molecule has 0 unspecified atom stereocenters. The zero-order valence-corrected chi connectivity index (χ0v) is 16.2. The predicted octanol–water partition coefficient (Wildman–Crippen LogP) is 5.24. The minimum absolute atomic E-state index is 0.688. The minimum Gasteiger partial charge on any atom is -0.351 e. The van der Waals surface area contributed by atoms with E-state index in [1.807, 2.05) is 0 Å². The van der Waals surface area contributed by atoms with Crippen LogP contribution in [-0.4, -0.2) is 64.8 Å². The maximum atomic E-state index is 13.9. The van der Waals surface area contributed by atoms with Gasteiger partial charge in [-0.15, -0.1) is 0 Å². The van der Waals surface area contributed by atoms with E-state index in [1.54, 1.807) is 0 Å². The van der Waals surface area contributed by atoms with Gasteiger partial charge >= 0.3 is 45.0 Å². The Morgan fingerprint density at radius 3 is 1.07 bits per heavy atom. The van der Waals surface area contributed by atoms with Crippen molar-refractivity contribution >= 4 is 9.05 Å². The average molecular weight is 498 g/mol. The van der Waals surface area contributed by atoms with Crippen LogP contribution >= 0.6 is 0 Å². The van der Waals surface area contributed by atoms with E-state index in [0.717, 1.165) is 20.8 Å². The molecule has 0 aliphatic rings. The fourth-order valence-electron chi connectivity index (χ4n) is 1.72. The second-order valence-corrected chi connectivity index (χ2v) is 7.28. The molecule has 0 aromatic carbocycles. The van der Waals surface area contributed by atoms with Gasteiger partial charge in [0.25, 0.3) is 0 Å². The van der Waals surface area contributed by atoms with E-state index in [9.17, 15) is 57.1 Å². The van der Waals surface area contributed by atoms with Gasteiger partial charge < -0.3 is 13.3 Å². The van der Waals surface area contributed by atoms with Crippen LogP contribution in [0.15, 0.2) is 0 Å². The number of rotatable bonds is 12. The lowest BCUT2D eigenvalue weighted by Crippen LogP contribution is -2.71. The lowest BCUT2D eigenvalue weighted by Gasteiger charge is -2.40. The Kier molecular flexibility index (Phi) is 8.69. The molecule has 4 nitrogen and oxygen atoms in total. The van der Waals surface area contributed by atoms with Crippen molar-refractivity contribution in [3.63, 3.8) is 0 Å². The molecule has 0 atom stereocenters. The quantitative estimate of drug-likeness (QED) is 0.272. The second kappa shape index (κ2) is 8.95. The van der Waals surface area contributed by atoms with Crippen LogP contribution in [-0.2, 0) is 17.7 Å². The van der Waals surface area contributed by atoms with Crippen LogP contribution in [0.5, 0.6) is 0 Å². The van der Waals surface area contributed by atoms with Crippen LogP contribution in [0.3, 0.4) is 0 Å². The molecule has 0 saturated carbocycles. The lowest BCUT2D eigenvalue weighted by atomic mass is 9.97. The molecule has 0 radical (unpaired) electrons. The van der Waals surface area contributed by atoms with Crippen LogP contribution in [0.1, 0.15) is 20.8 Å². The first-order chi connectivity index (χ1) is 13.1. The number of halogens is 13. The molecule has 18 heteroatoms. The van der Waals surface area contributed by atoms with E-state index in [1.165, 1.54) is 0 Å². The maximum absolute atomic E-state index is 13.9. The summed E-state index contributed by atoms with van der Waals surface area (Å²) in [6, 6.07) is 0. The highest BCUT2D eigenvalue weighted by molar-refractivity contribution is 6.53. The van der Waals surface area contributed by atoms with Crippen molar-refractivity contribution < 1.29 is 74.8 Å². The number of hydrogen-bond acceptors (Lipinski definition) is 4. The third kappa shape index (κ3) is 4.81. The molecule has 0 heterocycles. The van der Waals surface area contributed by atoms with E-state index in [-0.39, 0.29) is 0 Å². The Morgan fingerprint density at radius 2 is 0.800 bits per heavy atom. The molecule has 0 aliphatic carbocycles. The van der Waals surface area contributed by atoms with Crippen molar-refractivity contribution in [2.24, 2.45) is 0 Å². The van der Waals surface area contributed by atoms with Gasteiger partial charge in [-0.25, -0.2) is 0 Å². The first-order valence-corrected chi connectivity index (χ1v) is 9.35. The van der Waals surface area contributed by atoms with Gasteiger partial charge in [0.1, 0.15) is 0 Å². The molecule has 0 amide bonds. The van der Waals surface area contributed by atoms with Gasteiger partial charge in [0.05, 0.1) is 0 Å². The number of alkyl halides is 13. The molecule has 0 aromatic rings. The van der Waals surface area contributed by atoms with Crippen LogP contribution in [0.25, 0.3) is 0 Å². The van der Waals surface area contributed by atoms with Crippen LogP contribution in [0.4, 0.5) is 57.1 Å². The van der Waals surface area contributed by atoms with Crippen molar-refractivity contribution in [2.45, 2.75) is 56.7 Å². The molecule has 0 aliphatic heterocycles. The summed E-state index contributed by atoms with van der Waals surface area (Å²) < 4.78 is 187. The fraction of sp³-hybridized carbons (Fsp3) is 1.00. The Bertz CT molecular complexity index is 550. The van der Waals surface area contributed by atoms with Crippen LogP contribution < -0.4 is 0 Å². The van der Waals surface area contributed by atoms with Crippen molar-refractivity contribution in [3.05, 3.63) is 0 Å². The fourth-order valence-corrected chi connectivity index (χ4v) is 3.65. The maximum Gasteiger partial charge on any atom is 0.684 e. The molecule has 30 heavy (non-hydrogen) atoms. The summed E-state index contributed by atoms with van der Waals surface area (Å²) in [7, 11) is -5.48. The molecule has 0 rings (SSSR count). The van der Waals surface area contributed by atoms with Crippen molar-refractivity contribution in [2.75, 3.05) is 19.8 Å². The van der Waals surface area contributed by atoms with Crippen LogP contribution in [0.2, 0.25) is 0 Å². The van der Waals surface area contributed by atoms with E-state index in [4.69, 9.17) is 0 Å². The Labute approximate surface area is 161 Å². The van der Waals surface area contributed by atoms with Crippen molar-refractivity contribution in [1.29, 1.82) is 0 Å². The summed E-state index contributed by atoms with van der Waals surface area (Å²) in [4.78, 5) is 0. The van der Waals surface area contributed by atoms with Crippen LogP contribution in [0, 0.1) is 0 Å².